The molecule has 28 heavy (non-hydrogen) atoms. The molecular formula is C22H27N3O3. The van der Waals surface area contributed by atoms with Crippen molar-refractivity contribution in [3.05, 3.63) is 53.6 Å². The lowest BCUT2D eigenvalue weighted by Crippen LogP contribution is -2.43. The number of hydrogen-bond acceptors (Lipinski definition) is 5. The highest BCUT2D eigenvalue weighted by Crippen LogP contribution is 2.46. The van der Waals surface area contributed by atoms with Gasteiger partial charge in [0.1, 0.15) is 5.75 Å². The van der Waals surface area contributed by atoms with Crippen LogP contribution in [0.4, 0.5) is 16.2 Å². The van der Waals surface area contributed by atoms with Gasteiger partial charge in [0.15, 0.2) is 0 Å². The second kappa shape index (κ2) is 7.36. The van der Waals surface area contributed by atoms with Crippen molar-refractivity contribution in [1.82, 2.24) is 5.32 Å². The first kappa shape index (κ1) is 18.6. The molecule has 2 aliphatic heterocycles. The van der Waals surface area contributed by atoms with Gasteiger partial charge >= 0.3 is 6.16 Å². The standard InChI is InChI=1S/C22H27N3O3/c1-22(2)14-16-13-18(28-21(26)27)6-7-19(16)24-20(22)15-4-3-5-17(12-15)25-10-8-23-9-11-25/h3-7,12-13,20,23-24H,8-11,14H2,1-2H3,(H,26,27). The lowest BCUT2D eigenvalue weighted by atomic mass is 9.73. The molecule has 6 heteroatoms. The molecule has 6 nitrogen and oxygen atoms in total. The van der Waals surface area contributed by atoms with E-state index < -0.39 is 6.16 Å². The molecule has 0 bridgehead atoms. The number of piperazine rings is 1. The molecule has 1 fully saturated rings. The van der Waals surface area contributed by atoms with E-state index >= 15 is 0 Å². The van der Waals surface area contributed by atoms with Crippen molar-refractivity contribution >= 4 is 17.5 Å². The van der Waals surface area contributed by atoms with Crippen LogP contribution in [-0.4, -0.2) is 37.4 Å². The number of carboxylic acid groups (broad SMARTS) is 1. The summed E-state index contributed by atoms with van der Waals surface area (Å²) in [4.78, 5) is 13.2. The molecule has 4 rings (SSSR count). The van der Waals surface area contributed by atoms with Crippen LogP contribution in [-0.2, 0) is 6.42 Å². The molecule has 0 aromatic heterocycles. The summed E-state index contributed by atoms with van der Waals surface area (Å²) in [5, 5.41) is 15.9. The number of ether oxygens (including phenoxy) is 1. The summed E-state index contributed by atoms with van der Waals surface area (Å²) < 4.78 is 4.82. The third-order valence-corrected chi connectivity index (χ3v) is 5.69. The number of benzene rings is 2. The molecule has 2 aromatic carbocycles. The number of nitrogens with zero attached hydrogens (tertiary/aromatic N) is 1. The minimum Gasteiger partial charge on any atom is -0.449 e. The molecule has 2 aliphatic rings. The SMILES string of the molecule is CC1(C)Cc2cc(OC(=O)O)ccc2NC1c1cccc(N2CCNCC2)c1. The number of nitrogens with one attached hydrogen (secondary N) is 2. The van der Waals surface area contributed by atoms with Gasteiger partial charge in [-0.2, -0.15) is 0 Å². The molecule has 3 N–H and O–H groups in total. The van der Waals surface area contributed by atoms with E-state index in [1.54, 1.807) is 6.07 Å². The van der Waals surface area contributed by atoms with Gasteiger partial charge in [-0.1, -0.05) is 26.0 Å². The monoisotopic (exact) mass is 381 g/mol. The van der Waals surface area contributed by atoms with Gasteiger partial charge in [0, 0.05) is 37.6 Å². The molecule has 1 atom stereocenters. The molecule has 1 unspecified atom stereocenters. The van der Waals surface area contributed by atoms with Crippen molar-refractivity contribution in [3.63, 3.8) is 0 Å². The quantitative estimate of drug-likeness (QED) is 0.553. The fourth-order valence-electron chi connectivity index (χ4n) is 4.32. The van der Waals surface area contributed by atoms with E-state index in [0.717, 1.165) is 43.9 Å². The first-order valence-corrected chi connectivity index (χ1v) is 9.78. The first-order valence-electron chi connectivity index (χ1n) is 9.78. The minimum atomic E-state index is -1.29. The molecule has 1 saturated heterocycles. The molecular weight excluding hydrogens is 354 g/mol. The van der Waals surface area contributed by atoms with Crippen LogP contribution in [0.2, 0.25) is 0 Å². The van der Waals surface area contributed by atoms with Crippen LogP contribution >= 0.6 is 0 Å². The molecule has 2 aromatic rings. The van der Waals surface area contributed by atoms with Gasteiger partial charge in [0.25, 0.3) is 0 Å². The zero-order valence-corrected chi connectivity index (χ0v) is 16.4. The highest BCUT2D eigenvalue weighted by Gasteiger charge is 2.36. The zero-order chi connectivity index (χ0) is 19.7. The second-order valence-electron chi connectivity index (χ2n) is 8.26. The van der Waals surface area contributed by atoms with E-state index in [9.17, 15) is 4.79 Å². The van der Waals surface area contributed by atoms with Crippen molar-refractivity contribution in [2.24, 2.45) is 5.41 Å². The summed E-state index contributed by atoms with van der Waals surface area (Å²) in [7, 11) is 0. The van der Waals surface area contributed by atoms with E-state index in [1.807, 2.05) is 12.1 Å². The topological polar surface area (TPSA) is 73.8 Å². The Bertz CT molecular complexity index is 875. The molecule has 0 amide bonds. The van der Waals surface area contributed by atoms with E-state index in [1.165, 1.54) is 11.3 Å². The number of fused-ring (bicyclic) bond motifs is 1. The van der Waals surface area contributed by atoms with E-state index in [2.05, 4.69) is 53.6 Å². The Labute approximate surface area is 165 Å². The maximum Gasteiger partial charge on any atom is 0.511 e. The van der Waals surface area contributed by atoms with Crippen molar-refractivity contribution in [2.75, 3.05) is 36.4 Å². The first-order chi connectivity index (χ1) is 13.4. The summed E-state index contributed by atoms with van der Waals surface area (Å²) in [5.74, 6) is 0.364. The van der Waals surface area contributed by atoms with Gasteiger partial charge in [0.05, 0.1) is 6.04 Å². The maximum absolute atomic E-state index is 10.8. The van der Waals surface area contributed by atoms with Gasteiger partial charge in [-0.05, 0) is 53.3 Å². The number of rotatable bonds is 3. The Kier molecular flexibility index (Phi) is 4.89. The Morgan fingerprint density at radius 2 is 1.96 bits per heavy atom. The summed E-state index contributed by atoms with van der Waals surface area (Å²) in [5.41, 5.74) is 4.63. The van der Waals surface area contributed by atoms with Gasteiger partial charge in [-0.25, -0.2) is 4.79 Å². The van der Waals surface area contributed by atoms with E-state index in [0.29, 0.717) is 5.75 Å². The van der Waals surface area contributed by atoms with Crippen LogP contribution in [0.15, 0.2) is 42.5 Å². The summed E-state index contributed by atoms with van der Waals surface area (Å²) in [6.45, 7) is 8.59. The Hall–Kier alpha value is -2.73. The average molecular weight is 381 g/mol. The maximum atomic E-state index is 10.8. The van der Waals surface area contributed by atoms with Gasteiger partial charge in [-0.3, -0.25) is 0 Å². The van der Waals surface area contributed by atoms with E-state index in [4.69, 9.17) is 9.84 Å². The molecule has 0 radical (unpaired) electrons. The van der Waals surface area contributed by atoms with Crippen LogP contribution < -0.4 is 20.3 Å². The average Bonchev–Trinajstić information content (AvgIpc) is 2.67. The summed E-state index contributed by atoms with van der Waals surface area (Å²) in [6.07, 6.45) is -0.445. The predicted molar refractivity (Wildman–Crippen MR) is 110 cm³/mol. The van der Waals surface area contributed by atoms with Crippen LogP contribution in [0, 0.1) is 5.41 Å². The van der Waals surface area contributed by atoms with Crippen LogP contribution in [0.3, 0.4) is 0 Å². The van der Waals surface area contributed by atoms with Gasteiger partial charge in [-0.15, -0.1) is 0 Å². The second-order valence-corrected chi connectivity index (χ2v) is 8.26. The largest absolute Gasteiger partial charge is 0.511 e. The number of carbonyl (C=O) groups is 1. The van der Waals surface area contributed by atoms with Crippen molar-refractivity contribution < 1.29 is 14.6 Å². The summed E-state index contributed by atoms with van der Waals surface area (Å²) >= 11 is 0. The smallest absolute Gasteiger partial charge is 0.449 e. The molecule has 148 valence electrons. The molecule has 0 saturated carbocycles. The Morgan fingerprint density at radius 3 is 2.71 bits per heavy atom. The fourth-order valence-corrected chi connectivity index (χ4v) is 4.32. The van der Waals surface area contributed by atoms with Crippen LogP contribution in [0.1, 0.15) is 31.0 Å². The normalized spacial score (nSPS) is 20.8. The summed E-state index contributed by atoms with van der Waals surface area (Å²) in [6, 6.07) is 14.4. The van der Waals surface area contributed by atoms with Crippen molar-refractivity contribution in [2.45, 2.75) is 26.3 Å². The highest BCUT2D eigenvalue weighted by atomic mass is 16.7. The lowest BCUT2D eigenvalue weighted by molar-refractivity contribution is 0.144. The molecule has 0 aliphatic carbocycles. The molecule has 0 spiro atoms. The predicted octanol–water partition coefficient (Wildman–Crippen LogP) is 3.89. The number of anilines is 2. The molecule has 2 heterocycles. The van der Waals surface area contributed by atoms with Crippen molar-refractivity contribution in [3.8, 4) is 5.75 Å². The highest BCUT2D eigenvalue weighted by molar-refractivity contribution is 5.64. The Morgan fingerprint density at radius 1 is 1.18 bits per heavy atom. The van der Waals surface area contributed by atoms with Crippen LogP contribution in [0.25, 0.3) is 0 Å². The lowest BCUT2D eigenvalue weighted by Gasteiger charge is -2.42. The zero-order valence-electron chi connectivity index (χ0n) is 16.4. The fraction of sp³-hybridized carbons (Fsp3) is 0.409. The minimum absolute atomic E-state index is 0.0308. The van der Waals surface area contributed by atoms with Crippen LogP contribution in [0.5, 0.6) is 5.75 Å². The third-order valence-electron chi connectivity index (χ3n) is 5.69. The van der Waals surface area contributed by atoms with Gasteiger partial charge < -0.3 is 25.4 Å². The van der Waals surface area contributed by atoms with E-state index in [-0.39, 0.29) is 11.5 Å². The van der Waals surface area contributed by atoms with Crippen molar-refractivity contribution in [1.29, 1.82) is 0 Å². The third kappa shape index (κ3) is 3.78. The number of hydrogen-bond donors (Lipinski definition) is 3. The Balaban J connectivity index is 1.61. The van der Waals surface area contributed by atoms with Gasteiger partial charge in [0.2, 0.25) is 0 Å².